The van der Waals surface area contributed by atoms with Crippen molar-refractivity contribution in [3.8, 4) is 23.0 Å². The molecule has 8 heteroatoms. The zero-order chi connectivity index (χ0) is 39.9. The lowest BCUT2D eigenvalue weighted by molar-refractivity contribution is 0.170. The van der Waals surface area contributed by atoms with E-state index >= 15 is 0 Å². The maximum atomic E-state index is 6.40. The molecule has 6 nitrogen and oxygen atoms in total. The van der Waals surface area contributed by atoms with Gasteiger partial charge >= 0.3 is 0 Å². The van der Waals surface area contributed by atoms with Gasteiger partial charge in [0.2, 0.25) is 0 Å². The zero-order valence-electron chi connectivity index (χ0n) is 35.1. The summed E-state index contributed by atoms with van der Waals surface area (Å²) in [7, 11) is 0. The summed E-state index contributed by atoms with van der Waals surface area (Å²) in [5.41, 5.74) is 18.3. The third kappa shape index (κ3) is 5.42. The first-order chi connectivity index (χ1) is 27.1. The number of hydrogen-bond acceptors (Lipinski definition) is 7. The molecule has 1 aromatic heterocycles. The fourth-order valence-electron chi connectivity index (χ4n) is 9.68. The van der Waals surface area contributed by atoms with E-state index in [0.717, 1.165) is 45.5 Å². The zero-order valence-corrected chi connectivity index (χ0v) is 35.9. The molecule has 0 spiro atoms. The monoisotopic (exact) mass is 774 g/mol. The van der Waals surface area contributed by atoms with E-state index in [1.54, 1.807) is 0 Å². The second-order valence-electron chi connectivity index (χ2n) is 18.6. The lowest BCUT2D eigenvalue weighted by Gasteiger charge is -2.45. The Hall–Kier alpha value is -5.08. The van der Waals surface area contributed by atoms with E-state index in [1.807, 2.05) is 11.3 Å². The highest BCUT2D eigenvalue weighted by atomic mass is 32.1. The Bertz CT molecular complexity index is 2680. The SMILES string of the molecule is Cc1cc2c3c(c1)N(c1c(C)cc4c(c1C)OCCO4)c1c(sc4ccc(C(C)(C)C)cc14)B3c1cc3c(cc1N2c1c(C)cc(C(C)(C)C)cc1C)OCCO3. The molecule has 0 saturated heterocycles. The van der Waals surface area contributed by atoms with Crippen LogP contribution in [0.1, 0.15) is 80.5 Å². The average molecular weight is 775 g/mol. The highest BCUT2D eigenvalue weighted by Crippen LogP contribution is 2.54. The molecule has 6 aromatic rings. The Morgan fingerprint density at radius 1 is 0.561 bits per heavy atom. The van der Waals surface area contributed by atoms with Gasteiger partial charge < -0.3 is 28.7 Å². The van der Waals surface area contributed by atoms with Crippen LogP contribution in [0.5, 0.6) is 23.0 Å². The quantitative estimate of drug-likeness (QED) is 0.163. The fraction of sp³-hybridized carbons (Fsp3) is 0.347. The van der Waals surface area contributed by atoms with Crippen LogP contribution in [0.4, 0.5) is 34.1 Å². The van der Waals surface area contributed by atoms with Crippen molar-refractivity contribution in [1.82, 2.24) is 0 Å². The Morgan fingerprint density at radius 2 is 1.16 bits per heavy atom. The maximum Gasteiger partial charge on any atom is 0.264 e. The molecule has 0 bridgehead atoms. The number of nitrogens with zero attached hydrogens (tertiary/aromatic N) is 2. The first-order valence-corrected chi connectivity index (χ1v) is 21.2. The van der Waals surface area contributed by atoms with Crippen LogP contribution in [0.25, 0.3) is 10.1 Å². The summed E-state index contributed by atoms with van der Waals surface area (Å²) in [6, 6.07) is 23.4. The molecule has 4 aliphatic rings. The number of rotatable bonds is 2. The third-order valence-electron chi connectivity index (χ3n) is 12.4. The van der Waals surface area contributed by atoms with Gasteiger partial charge in [0.15, 0.2) is 23.0 Å². The molecule has 5 aromatic carbocycles. The minimum Gasteiger partial charge on any atom is -0.486 e. The van der Waals surface area contributed by atoms with Gasteiger partial charge in [-0.3, -0.25) is 0 Å². The summed E-state index contributed by atoms with van der Waals surface area (Å²) in [5, 5.41) is 1.27. The lowest BCUT2D eigenvalue weighted by atomic mass is 9.36. The molecule has 290 valence electrons. The molecule has 4 aliphatic heterocycles. The van der Waals surface area contributed by atoms with E-state index < -0.39 is 0 Å². The number of fused-ring (bicyclic) bond motifs is 8. The van der Waals surface area contributed by atoms with Crippen molar-refractivity contribution in [1.29, 1.82) is 0 Å². The molecule has 0 unspecified atom stereocenters. The van der Waals surface area contributed by atoms with Crippen molar-refractivity contribution in [3.05, 3.63) is 99.6 Å². The Kier molecular flexibility index (Phi) is 7.93. The van der Waals surface area contributed by atoms with Crippen molar-refractivity contribution in [2.75, 3.05) is 36.2 Å². The molecular weight excluding hydrogens is 723 g/mol. The first-order valence-electron chi connectivity index (χ1n) is 20.4. The first kappa shape index (κ1) is 36.3. The van der Waals surface area contributed by atoms with Crippen molar-refractivity contribution in [3.63, 3.8) is 0 Å². The fourth-order valence-corrected chi connectivity index (χ4v) is 11.0. The van der Waals surface area contributed by atoms with Crippen molar-refractivity contribution in [2.45, 2.75) is 87.0 Å². The summed E-state index contributed by atoms with van der Waals surface area (Å²) in [4.78, 5) is 5.11. The average Bonchev–Trinajstić information content (AvgIpc) is 3.53. The third-order valence-corrected chi connectivity index (χ3v) is 13.6. The van der Waals surface area contributed by atoms with Gasteiger partial charge in [0, 0.05) is 43.6 Å². The van der Waals surface area contributed by atoms with Gasteiger partial charge in [-0.2, -0.15) is 0 Å². The van der Waals surface area contributed by atoms with E-state index in [4.69, 9.17) is 18.9 Å². The van der Waals surface area contributed by atoms with Gasteiger partial charge in [0.1, 0.15) is 26.4 Å². The van der Waals surface area contributed by atoms with Crippen LogP contribution in [0.3, 0.4) is 0 Å². The highest BCUT2D eigenvalue weighted by molar-refractivity contribution is 7.33. The van der Waals surface area contributed by atoms with Crippen LogP contribution < -0.4 is 44.4 Å². The molecule has 0 saturated carbocycles. The second-order valence-corrected chi connectivity index (χ2v) is 19.6. The molecule has 10 rings (SSSR count). The molecule has 0 amide bonds. The Labute approximate surface area is 341 Å². The summed E-state index contributed by atoms with van der Waals surface area (Å²) in [6.45, 7) is 27.1. The number of thiophene rings is 1. The number of ether oxygens (including phenoxy) is 4. The van der Waals surface area contributed by atoms with Gasteiger partial charge in [-0.25, -0.2) is 0 Å². The Morgan fingerprint density at radius 3 is 1.82 bits per heavy atom. The topological polar surface area (TPSA) is 43.4 Å². The summed E-state index contributed by atoms with van der Waals surface area (Å²) in [6.07, 6.45) is 0. The van der Waals surface area contributed by atoms with Crippen molar-refractivity contribution >= 4 is 78.0 Å². The molecule has 0 atom stereocenters. The van der Waals surface area contributed by atoms with E-state index in [0.29, 0.717) is 26.4 Å². The number of aryl methyl sites for hydroxylation is 4. The van der Waals surface area contributed by atoms with E-state index in [-0.39, 0.29) is 17.5 Å². The van der Waals surface area contributed by atoms with E-state index in [1.165, 1.54) is 76.4 Å². The van der Waals surface area contributed by atoms with Gasteiger partial charge in [0.25, 0.3) is 6.71 Å². The second kappa shape index (κ2) is 12.5. The normalized spacial score (nSPS) is 15.5. The van der Waals surface area contributed by atoms with Crippen LogP contribution in [0.15, 0.2) is 60.7 Å². The van der Waals surface area contributed by atoms with Gasteiger partial charge in [0.05, 0.1) is 17.1 Å². The lowest BCUT2D eigenvalue weighted by Crippen LogP contribution is -2.60. The van der Waals surface area contributed by atoms with Gasteiger partial charge in [-0.1, -0.05) is 59.7 Å². The van der Waals surface area contributed by atoms with Crippen LogP contribution in [0.2, 0.25) is 0 Å². The molecule has 0 fully saturated rings. The standard InChI is InChI=1S/C49H51BN2O4S/c1-26-18-36-42-37(19-26)52(44-29(4)22-40-46(30(44)5)56-17-16-55-40)45-33-23-31(48(6,7)8)12-13-41(33)57-47(45)50(42)34-24-38-39(54-15-14-53-38)25-35(34)51(36)43-27(2)20-32(21-28(43)3)49(9,10)11/h12-13,18-25H,14-17H2,1-11H3. The van der Waals surface area contributed by atoms with Gasteiger partial charge in [-0.15, -0.1) is 11.3 Å². The molecule has 5 heterocycles. The highest BCUT2D eigenvalue weighted by Gasteiger charge is 2.47. The summed E-state index contributed by atoms with van der Waals surface area (Å²) < 4.78 is 27.9. The molecular formula is C49H51BN2O4S. The van der Waals surface area contributed by atoms with Crippen LogP contribution in [-0.2, 0) is 10.8 Å². The van der Waals surface area contributed by atoms with E-state index in [2.05, 4.69) is 147 Å². The predicted molar refractivity (Wildman–Crippen MR) is 239 cm³/mol. The van der Waals surface area contributed by atoms with Gasteiger partial charge in [-0.05, 0) is 126 Å². The van der Waals surface area contributed by atoms with Crippen molar-refractivity contribution in [2.24, 2.45) is 0 Å². The number of benzene rings is 5. The summed E-state index contributed by atoms with van der Waals surface area (Å²) >= 11 is 1.92. The molecule has 0 aliphatic carbocycles. The maximum absolute atomic E-state index is 6.40. The van der Waals surface area contributed by atoms with E-state index in [9.17, 15) is 0 Å². The molecule has 0 radical (unpaired) electrons. The van der Waals surface area contributed by atoms with Crippen LogP contribution >= 0.6 is 11.3 Å². The Balaban J connectivity index is 1.34. The molecule has 57 heavy (non-hydrogen) atoms. The number of hydrogen-bond donors (Lipinski definition) is 0. The largest absolute Gasteiger partial charge is 0.486 e. The van der Waals surface area contributed by atoms with Crippen LogP contribution in [-0.4, -0.2) is 33.1 Å². The number of anilines is 6. The molecule has 0 N–H and O–H groups in total. The smallest absolute Gasteiger partial charge is 0.264 e. The van der Waals surface area contributed by atoms with Crippen LogP contribution in [0, 0.1) is 34.6 Å². The minimum absolute atomic E-state index is 0.0143. The van der Waals surface area contributed by atoms with Crippen molar-refractivity contribution < 1.29 is 18.9 Å². The minimum atomic E-state index is -0.0355. The predicted octanol–water partition coefficient (Wildman–Crippen LogP) is 10.7. The summed E-state index contributed by atoms with van der Waals surface area (Å²) in [5.74, 6) is 3.27.